The molecule has 0 atom stereocenters. The zero-order valence-electron chi connectivity index (χ0n) is 6.68. The number of rotatable bonds is 3. The molecule has 0 rings (SSSR count). The molecule has 0 amide bonds. The predicted octanol–water partition coefficient (Wildman–Crippen LogP) is 1.93. The van der Waals surface area contributed by atoms with Crippen LogP contribution in [0.5, 0.6) is 0 Å². The van der Waals surface area contributed by atoms with Gasteiger partial charge in [-0.2, -0.15) is 0 Å². The lowest BCUT2D eigenvalue weighted by atomic mass is 10.7. The number of hydrogen-bond acceptors (Lipinski definition) is 3. The third-order valence-corrected chi connectivity index (χ3v) is 1.69. The van der Waals surface area contributed by atoms with Gasteiger partial charge in [0.15, 0.2) is 0 Å². The summed E-state index contributed by atoms with van der Waals surface area (Å²) in [5.74, 6) is 0. The van der Waals surface area contributed by atoms with E-state index < -0.39 is 0 Å². The molecule has 0 aromatic heterocycles. The average molecular weight is 159 g/mol. The molecule has 58 valence electrons. The van der Waals surface area contributed by atoms with E-state index in [0.717, 1.165) is 9.95 Å². The molecule has 0 heterocycles. The zero-order chi connectivity index (χ0) is 7.98. The van der Waals surface area contributed by atoms with Crippen LogP contribution in [0.1, 0.15) is 6.92 Å². The van der Waals surface area contributed by atoms with Crippen LogP contribution in [0.3, 0.4) is 0 Å². The lowest BCUT2D eigenvalue weighted by Gasteiger charge is -2.01. The van der Waals surface area contributed by atoms with Crippen LogP contribution in [0.4, 0.5) is 0 Å². The molecule has 0 aliphatic heterocycles. The maximum atomic E-state index is 4.90. The van der Waals surface area contributed by atoms with E-state index >= 15 is 0 Å². The van der Waals surface area contributed by atoms with Gasteiger partial charge in [0, 0.05) is 14.2 Å². The largest absolute Gasteiger partial charge is 0.378 e. The minimum absolute atomic E-state index is 0.577. The van der Waals surface area contributed by atoms with Gasteiger partial charge in [-0.3, -0.25) is 4.99 Å². The minimum atomic E-state index is 0.577. The van der Waals surface area contributed by atoms with E-state index in [1.54, 1.807) is 25.9 Å². The molecule has 0 aromatic carbocycles. The summed E-state index contributed by atoms with van der Waals surface area (Å²) in [6, 6.07) is 0. The van der Waals surface area contributed by atoms with Gasteiger partial charge in [-0.1, -0.05) is 18.3 Å². The first-order valence-corrected chi connectivity index (χ1v) is 3.80. The monoisotopic (exact) mass is 159 g/mol. The Morgan fingerprint density at radius 1 is 1.70 bits per heavy atom. The van der Waals surface area contributed by atoms with Crippen LogP contribution in [0, 0.1) is 0 Å². The van der Waals surface area contributed by atoms with E-state index in [9.17, 15) is 0 Å². The van der Waals surface area contributed by atoms with Gasteiger partial charge < -0.3 is 4.74 Å². The summed E-state index contributed by atoms with van der Waals surface area (Å²) in [7, 11) is 3.41. The molecule has 0 aliphatic rings. The van der Waals surface area contributed by atoms with Crippen LogP contribution in [-0.4, -0.2) is 25.8 Å². The van der Waals surface area contributed by atoms with Crippen molar-refractivity contribution in [3.05, 3.63) is 11.5 Å². The average Bonchev–Trinajstić information content (AvgIpc) is 1.86. The summed E-state index contributed by atoms with van der Waals surface area (Å²) in [5, 5.41) is 0.968. The van der Waals surface area contributed by atoms with Crippen molar-refractivity contribution in [1.29, 1.82) is 0 Å². The Hall–Kier alpha value is -0.280. The predicted molar refractivity (Wildman–Crippen MR) is 47.6 cm³/mol. The van der Waals surface area contributed by atoms with Crippen LogP contribution < -0.4 is 0 Å². The van der Waals surface area contributed by atoms with Crippen molar-refractivity contribution < 1.29 is 4.74 Å². The SMILES string of the molecule is C=C(C)SC(COC)=NC. The lowest BCUT2D eigenvalue weighted by molar-refractivity contribution is 0.247. The van der Waals surface area contributed by atoms with Gasteiger partial charge in [0.05, 0.1) is 11.7 Å². The van der Waals surface area contributed by atoms with Crippen LogP contribution in [0.15, 0.2) is 16.5 Å². The molecule has 0 saturated carbocycles. The topological polar surface area (TPSA) is 21.6 Å². The molecule has 0 fully saturated rings. The fraction of sp³-hybridized carbons (Fsp3) is 0.571. The van der Waals surface area contributed by atoms with Crippen LogP contribution in [0.2, 0.25) is 0 Å². The first-order chi connectivity index (χ1) is 4.70. The van der Waals surface area contributed by atoms with Gasteiger partial charge >= 0.3 is 0 Å². The normalized spacial score (nSPS) is 11.7. The smallest absolute Gasteiger partial charge is 0.0974 e. The summed E-state index contributed by atoms with van der Waals surface area (Å²) < 4.78 is 4.90. The van der Waals surface area contributed by atoms with Gasteiger partial charge in [-0.05, 0) is 11.8 Å². The second kappa shape index (κ2) is 5.50. The molecule has 0 bridgehead atoms. The van der Waals surface area contributed by atoms with E-state index in [1.807, 2.05) is 6.92 Å². The van der Waals surface area contributed by atoms with Gasteiger partial charge in [0.25, 0.3) is 0 Å². The quantitative estimate of drug-likeness (QED) is 0.463. The van der Waals surface area contributed by atoms with Crippen molar-refractivity contribution in [2.75, 3.05) is 20.8 Å². The van der Waals surface area contributed by atoms with Crippen LogP contribution in [-0.2, 0) is 4.74 Å². The fourth-order valence-corrected chi connectivity index (χ4v) is 1.13. The van der Waals surface area contributed by atoms with Gasteiger partial charge in [-0.25, -0.2) is 0 Å². The third-order valence-electron chi connectivity index (χ3n) is 0.809. The molecule has 0 aromatic rings. The molecule has 0 N–H and O–H groups in total. The number of nitrogens with zero attached hydrogens (tertiary/aromatic N) is 1. The Morgan fingerprint density at radius 2 is 2.30 bits per heavy atom. The molecule has 0 saturated heterocycles. The first kappa shape index (κ1) is 9.72. The summed E-state index contributed by atoms with van der Waals surface area (Å²) in [6.07, 6.45) is 0. The first-order valence-electron chi connectivity index (χ1n) is 2.98. The molecule has 10 heavy (non-hydrogen) atoms. The number of ether oxygens (including phenoxy) is 1. The number of hydrogen-bond donors (Lipinski definition) is 0. The number of allylic oxidation sites excluding steroid dienone is 1. The van der Waals surface area contributed by atoms with Crippen molar-refractivity contribution in [3.63, 3.8) is 0 Å². The zero-order valence-corrected chi connectivity index (χ0v) is 7.49. The number of thioether (sulfide) groups is 1. The summed E-state index contributed by atoms with van der Waals surface area (Å²) in [6.45, 7) is 6.28. The Labute approximate surface area is 66.4 Å². The van der Waals surface area contributed by atoms with Crippen molar-refractivity contribution in [1.82, 2.24) is 0 Å². The highest BCUT2D eigenvalue weighted by Gasteiger charge is 1.97. The molecular weight excluding hydrogens is 146 g/mol. The lowest BCUT2D eigenvalue weighted by Crippen LogP contribution is -2.01. The van der Waals surface area contributed by atoms with Crippen molar-refractivity contribution in [2.24, 2.45) is 4.99 Å². The summed E-state index contributed by atoms with van der Waals surface area (Å²) >= 11 is 1.55. The van der Waals surface area contributed by atoms with E-state index in [-0.39, 0.29) is 0 Å². The maximum Gasteiger partial charge on any atom is 0.0974 e. The molecule has 3 heteroatoms. The van der Waals surface area contributed by atoms with Crippen LogP contribution in [0.25, 0.3) is 0 Å². The van der Waals surface area contributed by atoms with Crippen LogP contribution >= 0.6 is 11.8 Å². The molecular formula is C7H13NOS. The van der Waals surface area contributed by atoms with E-state index in [1.165, 1.54) is 0 Å². The fourth-order valence-electron chi connectivity index (χ4n) is 0.464. The van der Waals surface area contributed by atoms with E-state index in [2.05, 4.69) is 11.6 Å². The Kier molecular flexibility index (Phi) is 5.35. The standard InChI is InChI=1S/C7H13NOS/c1-6(2)10-7(8-3)5-9-4/h1,5H2,2-4H3. The molecule has 0 aliphatic carbocycles. The number of methoxy groups -OCH3 is 1. The minimum Gasteiger partial charge on any atom is -0.378 e. The highest BCUT2D eigenvalue weighted by atomic mass is 32.2. The highest BCUT2D eigenvalue weighted by molar-refractivity contribution is 8.17. The molecule has 2 nitrogen and oxygen atoms in total. The second-order valence-electron chi connectivity index (χ2n) is 1.85. The summed E-state index contributed by atoms with van der Waals surface area (Å²) in [4.78, 5) is 5.05. The van der Waals surface area contributed by atoms with Crippen molar-refractivity contribution in [3.8, 4) is 0 Å². The van der Waals surface area contributed by atoms with Crippen molar-refractivity contribution >= 4 is 16.8 Å². The molecule has 0 unspecified atom stereocenters. The van der Waals surface area contributed by atoms with Crippen molar-refractivity contribution in [2.45, 2.75) is 6.92 Å². The Morgan fingerprint density at radius 3 is 2.60 bits per heavy atom. The molecule has 0 spiro atoms. The van der Waals surface area contributed by atoms with E-state index in [0.29, 0.717) is 6.61 Å². The second-order valence-corrected chi connectivity index (χ2v) is 3.23. The van der Waals surface area contributed by atoms with Gasteiger partial charge in [-0.15, -0.1) is 0 Å². The Bertz CT molecular complexity index is 143. The van der Waals surface area contributed by atoms with Gasteiger partial charge in [0.1, 0.15) is 0 Å². The molecule has 0 radical (unpaired) electrons. The summed E-state index contributed by atoms with van der Waals surface area (Å²) in [5.41, 5.74) is 0. The van der Waals surface area contributed by atoms with E-state index in [4.69, 9.17) is 4.74 Å². The third kappa shape index (κ3) is 4.58. The highest BCUT2D eigenvalue weighted by Crippen LogP contribution is 2.13. The maximum absolute atomic E-state index is 4.90. The number of aliphatic imine (C=N–C) groups is 1. The Balaban J connectivity index is 3.73. The van der Waals surface area contributed by atoms with Gasteiger partial charge in [0.2, 0.25) is 0 Å².